The number of benzene rings is 1. The van der Waals surface area contributed by atoms with Crippen LogP contribution in [0.3, 0.4) is 0 Å². The molecule has 0 heterocycles. The van der Waals surface area contributed by atoms with E-state index < -0.39 is 0 Å². The maximum atomic E-state index is 6.71. The van der Waals surface area contributed by atoms with Crippen LogP contribution in [0, 0.1) is 6.92 Å². The van der Waals surface area contributed by atoms with Gasteiger partial charge in [-0.25, -0.2) is 0 Å². The number of ether oxygens (including phenoxy) is 3. The van der Waals surface area contributed by atoms with Crippen molar-refractivity contribution in [2.45, 2.75) is 445 Å². The van der Waals surface area contributed by atoms with Gasteiger partial charge >= 0.3 is 0 Å². The van der Waals surface area contributed by atoms with Crippen LogP contribution in [0.15, 0.2) is 12.1 Å². The van der Waals surface area contributed by atoms with Gasteiger partial charge in [-0.15, -0.1) is 0 Å². The van der Waals surface area contributed by atoms with Crippen molar-refractivity contribution in [3.05, 3.63) is 24.6 Å². The molecule has 0 aliphatic carbocycles. The molecule has 0 saturated carbocycles. The predicted molar refractivity (Wildman–Crippen MR) is 369 cm³/mol. The normalized spacial score (nSPS) is 11.6. The van der Waals surface area contributed by atoms with E-state index in [0.29, 0.717) is 0 Å². The van der Waals surface area contributed by atoms with E-state index in [9.17, 15) is 0 Å². The Hall–Kier alpha value is -1.38. The molecule has 0 aliphatic heterocycles. The van der Waals surface area contributed by atoms with E-state index in [-0.39, 0.29) is 0 Å². The Labute approximate surface area is 517 Å². The summed E-state index contributed by atoms with van der Waals surface area (Å²) < 4.78 is 20.0. The van der Waals surface area contributed by atoms with Crippen molar-refractivity contribution < 1.29 is 14.2 Å². The fraction of sp³-hybridized carbons (Fsp3) is 0.911. The van der Waals surface area contributed by atoms with Crippen molar-refractivity contribution in [1.29, 1.82) is 0 Å². The van der Waals surface area contributed by atoms with Crippen LogP contribution in [0.25, 0.3) is 0 Å². The maximum Gasteiger partial charge on any atom is 0.203 e. The molecule has 1 rings (SSSR count). The second kappa shape index (κ2) is 68.7. The molecule has 82 heavy (non-hydrogen) atoms. The summed E-state index contributed by atoms with van der Waals surface area (Å²) in [5.41, 5.74) is 1.30. The van der Waals surface area contributed by atoms with E-state index in [1.165, 1.54) is 391 Å². The third-order valence-corrected chi connectivity index (χ3v) is 18.3. The molecule has 1 radical (unpaired) electrons. The molecule has 3 nitrogen and oxygen atoms in total. The molecule has 1 aromatic carbocycles. The predicted octanol–water partition coefficient (Wildman–Crippen LogP) is 28.6. The molecule has 0 saturated heterocycles. The summed E-state index contributed by atoms with van der Waals surface area (Å²) in [6.07, 6.45) is 91.7. The molecule has 0 bridgehead atoms. The fourth-order valence-electron chi connectivity index (χ4n) is 12.6. The lowest BCUT2D eigenvalue weighted by molar-refractivity contribution is 0.234. The van der Waals surface area contributed by atoms with E-state index >= 15 is 0 Å². The molecule has 485 valence electrons. The Kier molecular flexibility index (Phi) is 65.9. The fourth-order valence-corrected chi connectivity index (χ4v) is 12.6. The first-order valence-corrected chi connectivity index (χ1v) is 38.6. The molecule has 0 unspecified atom stereocenters. The third kappa shape index (κ3) is 57.7. The Bertz CT molecular complexity index is 1250. The van der Waals surface area contributed by atoms with Gasteiger partial charge in [-0.1, -0.05) is 419 Å². The van der Waals surface area contributed by atoms with Crippen LogP contribution in [0.2, 0.25) is 0 Å². The molecule has 0 fully saturated rings. The Morgan fingerprint density at radius 3 is 0.573 bits per heavy atom. The summed E-state index contributed by atoms with van der Waals surface area (Å²) in [6, 6.07) is 4.54. The van der Waals surface area contributed by atoms with Gasteiger partial charge in [0.15, 0.2) is 11.5 Å². The zero-order chi connectivity index (χ0) is 58.6. The number of aryl methyl sites for hydroxylation is 1. The zero-order valence-electron chi connectivity index (χ0n) is 56.9. The number of unbranched alkanes of at least 4 members (excludes halogenated alkanes) is 61. The molecule has 0 amide bonds. The van der Waals surface area contributed by atoms with Crippen molar-refractivity contribution in [1.82, 2.24) is 0 Å². The lowest BCUT2D eigenvalue weighted by Crippen LogP contribution is -2.07. The van der Waals surface area contributed by atoms with Crippen LogP contribution in [0.4, 0.5) is 0 Å². The van der Waals surface area contributed by atoms with Crippen molar-refractivity contribution in [3.63, 3.8) is 0 Å². The molecule has 0 aliphatic rings. The molecular weight excluding hydrogens is 997 g/mol. The van der Waals surface area contributed by atoms with Crippen molar-refractivity contribution in [2.75, 3.05) is 19.8 Å². The van der Waals surface area contributed by atoms with Gasteiger partial charge < -0.3 is 14.2 Å². The van der Waals surface area contributed by atoms with Crippen molar-refractivity contribution in [3.8, 4) is 17.2 Å². The van der Waals surface area contributed by atoms with E-state index in [4.69, 9.17) is 14.2 Å². The van der Waals surface area contributed by atoms with Gasteiger partial charge in [0.2, 0.25) is 5.75 Å². The minimum Gasteiger partial charge on any atom is -0.490 e. The molecular formula is C79H151O3. The van der Waals surface area contributed by atoms with Crippen molar-refractivity contribution in [2.24, 2.45) is 0 Å². The summed E-state index contributed by atoms with van der Waals surface area (Å²) in [6.45, 7) is 13.4. The Morgan fingerprint density at radius 2 is 0.390 bits per heavy atom. The molecule has 0 N–H and O–H groups in total. The lowest BCUT2D eigenvalue weighted by Gasteiger charge is -2.19. The second-order valence-electron chi connectivity index (χ2n) is 26.6. The average molecular weight is 1150 g/mol. The van der Waals surface area contributed by atoms with Crippen LogP contribution in [-0.4, -0.2) is 19.8 Å². The average Bonchev–Trinajstić information content (AvgIpc) is 3.68. The van der Waals surface area contributed by atoms with Crippen LogP contribution in [0.1, 0.15) is 444 Å². The van der Waals surface area contributed by atoms with Crippen molar-refractivity contribution >= 4 is 0 Å². The second-order valence-corrected chi connectivity index (χ2v) is 26.6. The highest BCUT2D eigenvalue weighted by Crippen LogP contribution is 2.40. The topological polar surface area (TPSA) is 27.7 Å². The van der Waals surface area contributed by atoms with E-state index in [1.54, 1.807) is 0 Å². The van der Waals surface area contributed by atoms with E-state index in [2.05, 4.69) is 39.8 Å². The number of hydrogen-bond acceptors (Lipinski definition) is 3. The molecule has 0 atom stereocenters. The standard InChI is InChI=1S/C79H151O3/c1-5-9-13-16-19-22-25-28-31-34-37-40-43-46-49-52-55-58-61-64-67-71-80-77-74-76(70-12-8-4)75-78(81-72-68-65-62-59-56-53-50-47-44-41-38-35-32-29-26-23-20-17-14-10-6-2)79(77)82-73-69-66-63-60-57-54-51-48-45-42-39-36-33-30-27-24-21-18-15-11-7-3/h74-75H,4-73H2,1-3H3. The minimum absolute atomic E-state index is 0.739. The first-order chi connectivity index (χ1) is 40.8. The van der Waals surface area contributed by atoms with Gasteiger partial charge in [-0.2, -0.15) is 0 Å². The summed E-state index contributed by atoms with van der Waals surface area (Å²) >= 11 is 0. The number of rotatable bonds is 72. The minimum atomic E-state index is 0.739. The SMILES string of the molecule is [CH2]CCCc1cc(OCCCCCCCCCCCCCCCCCCCCCCC)c(OCCCCCCCCCCCCCCCCCCCCCCC)c(OCCCCCCCCCCCCCCCCCCCCCCC)c1. The first-order valence-electron chi connectivity index (χ1n) is 38.6. The Morgan fingerprint density at radius 1 is 0.220 bits per heavy atom. The summed E-state index contributed by atoms with van der Waals surface area (Å²) in [7, 11) is 0. The molecule has 0 spiro atoms. The molecule has 3 heteroatoms. The third-order valence-electron chi connectivity index (χ3n) is 18.3. The van der Waals surface area contributed by atoms with Crippen LogP contribution in [0.5, 0.6) is 17.2 Å². The molecule has 1 aromatic rings. The largest absolute Gasteiger partial charge is 0.490 e. The van der Waals surface area contributed by atoms with Gasteiger partial charge in [-0.05, 0) is 49.8 Å². The maximum absolute atomic E-state index is 6.71. The quantitative estimate of drug-likeness (QED) is 0.0609. The van der Waals surface area contributed by atoms with E-state index in [1.807, 2.05) is 0 Å². The molecule has 0 aromatic heterocycles. The smallest absolute Gasteiger partial charge is 0.203 e. The van der Waals surface area contributed by atoms with Crippen LogP contribution >= 0.6 is 0 Å². The van der Waals surface area contributed by atoms with Gasteiger partial charge in [0, 0.05) is 0 Å². The summed E-state index contributed by atoms with van der Waals surface area (Å²) in [5, 5.41) is 0. The highest BCUT2D eigenvalue weighted by molar-refractivity contribution is 5.54. The first kappa shape index (κ1) is 78.6. The van der Waals surface area contributed by atoms with Gasteiger partial charge in [-0.3, -0.25) is 0 Å². The highest BCUT2D eigenvalue weighted by Gasteiger charge is 2.16. The number of hydrogen-bond donors (Lipinski definition) is 0. The monoisotopic (exact) mass is 1150 g/mol. The zero-order valence-corrected chi connectivity index (χ0v) is 56.9. The van der Waals surface area contributed by atoms with E-state index in [0.717, 1.165) is 75.6 Å². The van der Waals surface area contributed by atoms with Gasteiger partial charge in [0.25, 0.3) is 0 Å². The van der Waals surface area contributed by atoms with Gasteiger partial charge in [0.05, 0.1) is 19.8 Å². The lowest BCUT2D eigenvalue weighted by atomic mass is 10.0. The summed E-state index contributed by atoms with van der Waals surface area (Å²) in [5.74, 6) is 2.68. The summed E-state index contributed by atoms with van der Waals surface area (Å²) in [4.78, 5) is 0. The van der Waals surface area contributed by atoms with Crippen LogP contribution < -0.4 is 14.2 Å². The highest BCUT2D eigenvalue weighted by atomic mass is 16.5. The van der Waals surface area contributed by atoms with Crippen LogP contribution in [-0.2, 0) is 6.42 Å². The Balaban J connectivity index is 2.42. The van der Waals surface area contributed by atoms with Gasteiger partial charge in [0.1, 0.15) is 0 Å².